The van der Waals surface area contributed by atoms with Crippen LogP contribution < -0.4 is 10.6 Å². The van der Waals surface area contributed by atoms with Gasteiger partial charge in [-0.3, -0.25) is 9.59 Å². The topological polar surface area (TPSA) is 63.4 Å². The quantitative estimate of drug-likeness (QED) is 0.657. The summed E-state index contributed by atoms with van der Waals surface area (Å²) in [6.07, 6.45) is 0.201. The largest absolute Gasteiger partial charge is 0.389 e. The fraction of sp³-hybridized carbons (Fsp3) is 0.400. The number of hydrogen-bond donors (Lipinski definition) is 1. The molecule has 21 heavy (non-hydrogen) atoms. The highest BCUT2D eigenvalue weighted by Gasteiger charge is 2.51. The third-order valence-corrected chi connectivity index (χ3v) is 4.91. The van der Waals surface area contributed by atoms with Crippen LogP contribution in [0.25, 0.3) is 0 Å². The van der Waals surface area contributed by atoms with E-state index in [0.29, 0.717) is 11.3 Å². The van der Waals surface area contributed by atoms with E-state index in [0.717, 1.165) is 4.47 Å². The molecular weight excluding hydrogens is 352 g/mol. The number of benzene rings is 1. The molecule has 4 nitrogen and oxygen atoms in total. The van der Waals surface area contributed by atoms with Crippen LogP contribution in [0.5, 0.6) is 0 Å². The second-order valence-electron chi connectivity index (χ2n) is 5.81. The number of nitrogens with two attached hydrogens (primary N) is 1. The standard InChI is InChI=1S/C15H17BrN2O2S/c1-8(2)15(3)7-12(19)18(14(15)20)11-6-9(16)4-5-10(11)13(17)21/h4-6,8H,7H2,1-3H3,(H2,17,21). The Labute approximate surface area is 137 Å². The van der Waals surface area contributed by atoms with Crippen molar-refractivity contribution in [3.8, 4) is 0 Å². The molecule has 112 valence electrons. The van der Waals surface area contributed by atoms with Gasteiger partial charge in [-0.1, -0.05) is 42.0 Å². The molecule has 1 atom stereocenters. The van der Waals surface area contributed by atoms with Crippen molar-refractivity contribution in [2.24, 2.45) is 17.1 Å². The Bertz CT molecular complexity index is 645. The Morgan fingerprint density at radius 2 is 2.05 bits per heavy atom. The molecule has 1 aromatic rings. The predicted molar refractivity (Wildman–Crippen MR) is 90.1 cm³/mol. The maximum Gasteiger partial charge on any atom is 0.240 e. The first-order valence-corrected chi connectivity index (χ1v) is 7.85. The first kappa shape index (κ1) is 16.1. The number of imide groups is 1. The number of carbonyl (C=O) groups excluding carboxylic acids is 2. The third kappa shape index (κ3) is 2.62. The van der Waals surface area contributed by atoms with E-state index in [4.69, 9.17) is 18.0 Å². The summed E-state index contributed by atoms with van der Waals surface area (Å²) in [5.74, 6) is -0.343. The summed E-state index contributed by atoms with van der Waals surface area (Å²) in [5, 5.41) is 0. The minimum absolute atomic E-state index is 0.0689. The Kier molecular flexibility index (Phi) is 4.22. The Morgan fingerprint density at radius 3 is 2.52 bits per heavy atom. The summed E-state index contributed by atoms with van der Waals surface area (Å²) in [6, 6.07) is 5.20. The lowest BCUT2D eigenvalue weighted by Crippen LogP contribution is -2.37. The van der Waals surface area contributed by atoms with Crippen LogP contribution in [-0.4, -0.2) is 16.8 Å². The van der Waals surface area contributed by atoms with E-state index in [1.807, 2.05) is 20.8 Å². The molecule has 1 aromatic carbocycles. The zero-order valence-corrected chi connectivity index (χ0v) is 14.5. The second kappa shape index (κ2) is 5.50. The van der Waals surface area contributed by atoms with Gasteiger partial charge in [-0.25, -0.2) is 4.90 Å². The molecule has 0 bridgehead atoms. The van der Waals surface area contributed by atoms with Gasteiger partial charge in [-0.2, -0.15) is 0 Å². The highest BCUT2D eigenvalue weighted by atomic mass is 79.9. The van der Waals surface area contributed by atoms with E-state index in [9.17, 15) is 9.59 Å². The van der Waals surface area contributed by atoms with E-state index >= 15 is 0 Å². The van der Waals surface area contributed by atoms with Crippen molar-refractivity contribution in [2.45, 2.75) is 27.2 Å². The molecule has 1 heterocycles. The molecule has 1 aliphatic rings. The minimum atomic E-state index is -0.688. The van der Waals surface area contributed by atoms with Crippen molar-refractivity contribution < 1.29 is 9.59 Å². The maximum atomic E-state index is 12.8. The highest BCUT2D eigenvalue weighted by Crippen LogP contribution is 2.42. The molecule has 6 heteroatoms. The van der Waals surface area contributed by atoms with Crippen LogP contribution >= 0.6 is 28.1 Å². The zero-order chi connectivity index (χ0) is 15.9. The normalized spacial score (nSPS) is 22.2. The third-order valence-electron chi connectivity index (χ3n) is 4.20. The number of hydrogen-bond acceptors (Lipinski definition) is 3. The SMILES string of the molecule is CC(C)C1(C)CC(=O)N(c2cc(Br)ccc2C(N)=S)C1=O. The number of nitrogens with zero attached hydrogens (tertiary/aromatic N) is 1. The first-order valence-electron chi connectivity index (χ1n) is 6.65. The van der Waals surface area contributed by atoms with Gasteiger partial charge >= 0.3 is 0 Å². The van der Waals surface area contributed by atoms with Crippen LogP contribution in [0.4, 0.5) is 5.69 Å². The number of anilines is 1. The molecule has 1 unspecified atom stereocenters. The van der Waals surface area contributed by atoms with Crippen molar-refractivity contribution in [1.82, 2.24) is 0 Å². The van der Waals surface area contributed by atoms with E-state index in [-0.39, 0.29) is 29.1 Å². The molecule has 0 radical (unpaired) electrons. The van der Waals surface area contributed by atoms with Crippen LogP contribution in [0.2, 0.25) is 0 Å². The van der Waals surface area contributed by atoms with Gasteiger partial charge in [0.05, 0.1) is 11.1 Å². The Hall–Kier alpha value is -1.27. The van der Waals surface area contributed by atoms with E-state index < -0.39 is 5.41 Å². The molecule has 0 aromatic heterocycles. The average Bonchev–Trinajstić information content (AvgIpc) is 2.60. The lowest BCUT2D eigenvalue weighted by molar-refractivity contribution is -0.126. The molecule has 1 saturated heterocycles. The molecule has 2 amide bonds. The van der Waals surface area contributed by atoms with Crippen LogP contribution in [-0.2, 0) is 9.59 Å². The second-order valence-corrected chi connectivity index (χ2v) is 7.16. The van der Waals surface area contributed by atoms with Gasteiger partial charge in [0.1, 0.15) is 4.99 Å². The Balaban J connectivity index is 2.58. The van der Waals surface area contributed by atoms with Crippen molar-refractivity contribution in [1.29, 1.82) is 0 Å². The number of thiocarbonyl (C=S) groups is 1. The number of rotatable bonds is 3. The summed E-state index contributed by atoms with van der Waals surface area (Å²) in [5.41, 5.74) is 6.02. The molecular formula is C15H17BrN2O2S. The molecule has 0 aliphatic carbocycles. The molecule has 1 fully saturated rings. The van der Waals surface area contributed by atoms with Crippen LogP contribution in [0.3, 0.4) is 0 Å². The van der Waals surface area contributed by atoms with E-state index in [2.05, 4.69) is 15.9 Å². The van der Waals surface area contributed by atoms with Gasteiger partial charge in [-0.15, -0.1) is 0 Å². The van der Waals surface area contributed by atoms with E-state index in [1.54, 1.807) is 18.2 Å². The van der Waals surface area contributed by atoms with Crippen molar-refractivity contribution in [2.75, 3.05) is 4.90 Å². The Morgan fingerprint density at radius 1 is 1.43 bits per heavy atom. The number of amides is 2. The van der Waals surface area contributed by atoms with Gasteiger partial charge in [0, 0.05) is 16.5 Å². The molecule has 2 N–H and O–H groups in total. The predicted octanol–water partition coefficient (Wildman–Crippen LogP) is 3.01. The zero-order valence-electron chi connectivity index (χ0n) is 12.1. The smallest absolute Gasteiger partial charge is 0.240 e. The monoisotopic (exact) mass is 368 g/mol. The van der Waals surface area contributed by atoms with Crippen LogP contribution in [0.1, 0.15) is 32.8 Å². The lowest BCUT2D eigenvalue weighted by Gasteiger charge is -2.26. The summed E-state index contributed by atoms with van der Waals surface area (Å²) in [4.78, 5) is 26.6. The van der Waals surface area contributed by atoms with Gasteiger partial charge in [-0.05, 0) is 31.0 Å². The van der Waals surface area contributed by atoms with Crippen molar-refractivity contribution >= 4 is 50.6 Å². The van der Waals surface area contributed by atoms with E-state index in [1.165, 1.54) is 4.90 Å². The molecule has 1 aliphatic heterocycles. The van der Waals surface area contributed by atoms with Gasteiger partial charge in [0.2, 0.25) is 11.8 Å². The average molecular weight is 369 g/mol. The van der Waals surface area contributed by atoms with Gasteiger partial charge in [0.15, 0.2) is 0 Å². The van der Waals surface area contributed by atoms with Crippen LogP contribution in [0.15, 0.2) is 22.7 Å². The minimum Gasteiger partial charge on any atom is -0.389 e. The fourth-order valence-corrected chi connectivity index (χ4v) is 2.95. The highest BCUT2D eigenvalue weighted by molar-refractivity contribution is 9.10. The van der Waals surface area contributed by atoms with Crippen molar-refractivity contribution in [3.05, 3.63) is 28.2 Å². The number of halogens is 1. The molecule has 0 spiro atoms. The van der Waals surface area contributed by atoms with Crippen LogP contribution in [0, 0.1) is 11.3 Å². The van der Waals surface area contributed by atoms with Gasteiger partial charge < -0.3 is 5.73 Å². The fourth-order valence-electron chi connectivity index (χ4n) is 2.43. The molecule has 0 saturated carbocycles. The van der Waals surface area contributed by atoms with Crippen molar-refractivity contribution in [3.63, 3.8) is 0 Å². The number of carbonyl (C=O) groups is 2. The maximum absolute atomic E-state index is 12.8. The summed E-state index contributed by atoms with van der Waals surface area (Å²) in [6.45, 7) is 5.73. The summed E-state index contributed by atoms with van der Waals surface area (Å²) in [7, 11) is 0. The summed E-state index contributed by atoms with van der Waals surface area (Å²) >= 11 is 8.38. The molecule has 2 rings (SSSR count). The van der Waals surface area contributed by atoms with Gasteiger partial charge in [0.25, 0.3) is 0 Å². The first-order chi connectivity index (χ1) is 9.68. The summed E-state index contributed by atoms with van der Waals surface area (Å²) < 4.78 is 0.760. The lowest BCUT2D eigenvalue weighted by atomic mass is 9.78.